The van der Waals surface area contributed by atoms with Crippen molar-refractivity contribution in [3.05, 3.63) is 23.9 Å². The Kier molecular flexibility index (Phi) is 12.0. The molecule has 1 rings (SSSR count). The van der Waals surface area contributed by atoms with E-state index in [4.69, 9.17) is 4.74 Å². The second kappa shape index (κ2) is 12.7. The molecule has 0 aliphatic rings. The van der Waals surface area contributed by atoms with E-state index in [0.717, 1.165) is 31.0 Å². The Morgan fingerprint density at radius 1 is 1.29 bits per heavy atom. The van der Waals surface area contributed by atoms with E-state index in [1.54, 1.807) is 13.3 Å². The molecule has 0 saturated heterocycles. The largest absolute Gasteiger partial charge is 0.481 e. The molecule has 0 saturated carbocycles. The molecule has 5 nitrogen and oxygen atoms in total. The highest BCUT2D eigenvalue weighted by Gasteiger charge is 2.03. The molecule has 0 spiro atoms. The lowest BCUT2D eigenvalue weighted by Gasteiger charge is -2.11. The number of aromatic nitrogens is 1. The number of hydrogen-bond acceptors (Lipinski definition) is 3. The number of hydrogen-bond donors (Lipinski definition) is 2. The van der Waals surface area contributed by atoms with E-state index in [1.807, 2.05) is 12.1 Å². The molecule has 0 unspecified atom stereocenters. The number of nitrogens with one attached hydrogen (secondary N) is 2. The van der Waals surface area contributed by atoms with Crippen LogP contribution in [-0.2, 0) is 6.54 Å². The third kappa shape index (κ3) is 8.08. The molecule has 1 heterocycles. The van der Waals surface area contributed by atoms with Crippen LogP contribution < -0.4 is 15.4 Å². The number of nitrogens with zero attached hydrogens (tertiary/aromatic N) is 2. The standard InChI is InChI=1S/C15H26N4O.HI/c1-4-6-7-10-18-15(16-5-2)19-12-13-9-8-11-17-14(13)20-3;/h8-9,11H,4-7,10,12H2,1-3H3,(H2,16,18,19);1H. The number of ether oxygens (including phenoxy) is 1. The fraction of sp³-hybridized carbons (Fsp3) is 0.600. The van der Waals surface area contributed by atoms with Crippen LogP contribution in [0.3, 0.4) is 0 Å². The Bertz CT molecular complexity index is 412. The van der Waals surface area contributed by atoms with Gasteiger partial charge in [-0.2, -0.15) is 0 Å². The van der Waals surface area contributed by atoms with Crippen molar-refractivity contribution in [2.24, 2.45) is 4.99 Å². The predicted octanol–water partition coefficient (Wildman–Crippen LogP) is 2.95. The lowest BCUT2D eigenvalue weighted by atomic mass is 10.2. The summed E-state index contributed by atoms with van der Waals surface area (Å²) in [6.45, 7) is 6.62. The first-order chi connectivity index (χ1) is 9.81. The zero-order valence-electron chi connectivity index (χ0n) is 13.2. The van der Waals surface area contributed by atoms with Gasteiger partial charge in [-0.15, -0.1) is 24.0 Å². The number of unbranched alkanes of at least 4 members (excludes halogenated alkanes) is 2. The number of rotatable bonds is 8. The Morgan fingerprint density at radius 3 is 2.76 bits per heavy atom. The molecule has 0 bridgehead atoms. The van der Waals surface area contributed by atoms with Gasteiger partial charge in [0.1, 0.15) is 0 Å². The fourth-order valence-electron chi connectivity index (χ4n) is 1.82. The molecule has 6 heteroatoms. The van der Waals surface area contributed by atoms with Gasteiger partial charge in [0.2, 0.25) is 5.88 Å². The molecular weight excluding hydrogens is 379 g/mol. The van der Waals surface area contributed by atoms with Crippen LogP contribution in [0.25, 0.3) is 0 Å². The first-order valence-electron chi connectivity index (χ1n) is 7.31. The highest BCUT2D eigenvalue weighted by atomic mass is 127. The van der Waals surface area contributed by atoms with Crippen molar-refractivity contribution < 1.29 is 4.74 Å². The Morgan fingerprint density at radius 2 is 2.10 bits per heavy atom. The molecule has 21 heavy (non-hydrogen) atoms. The SMILES string of the molecule is CCCCCNC(=NCc1cccnc1OC)NCC.I. The number of pyridine rings is 1. The van der Waals surface area contributed by atoms with Crippen molar-refractivity contribution in [1.29, 1.82) is 0 Å². The van der Waals surface area contributed by atoms with Gasteiger partial charge in [-0.05, 0) is 19.4 Å². The van der Waals surface area contributed by atoms with Crippen LogP contribution in [0.4, 0.5) is 0 Å². The summed E-state index contributed by atoms with van der Waals surface area (Å²) in [4.78, 5) is 8.74. The highest BCUT2D eigenvalue weighted by Crippen LogP contribution is 2.14. The normalized spacial score (nSPS) is 10.7. The Balaban J connectivity index is 0.00000400. The first-order valence-corrected chi connectivity index (χ1v) is 7.31. The van der Waals surface area contributed by atoms with Crippen molar-refractivity contribution in [2.45, 2.75) is 39.7 Å². The van der Waals surface area contributed by atoms with E-state index in [0.29, 0.717) is 12.4 Å². The summed E-state index contributed by atoms with van der Waals surface area (Å²) in [6, 6.07) is 3.88. The molecule has 0 radical (unpaired) electrons. The molecule has 0 aliphatic carbocycles. The molecule has 0 amide bonds. The van der Waals surface area contributed by atoms with Crippen LogP contribution in [0.5, 0.6) is 5.88 Å². The first kappa shape index (κ1) is 19.9. The molecule has 0 fully saturated rings. The van der Waals surface area contributed by atoms with E-state index >= 15 is 0 Å². The summed E-state index contributed by atoms with van der Waals surface area (Å²) in [5.74, 6) is 1.48. The van der Waals surface area contributed by atoms with Crippen LogP contribution in [0.15, 0.2) is 23.3 Å². The molecular formula is C15H27IN4O. The maximum absolute atomic E-state index is 5.23. The Hall–Kier alpha value is -1.05. The van der Waals surface area contributed by atoms with Gasteiger partial charge in [0.05, 0.1) is 13.7 Å². The Labute approximate surface area is 145 Å². The maximum Gasteiger partial charge on any atom is 0.218 e. The molecule has 1 aromatic heterocycles. The zero-order chi connectivity index (χ0) is 14.6. The summed E-state index contributed by atoms with van der Waals surface area (Å²) < 4.78 is 5.23. The summed E-state index contributed by atoms with van der Waals surface area (Å²) >= 11 is 0. The van der Waals surface area contributed by atoms with Crippen LogP contribution in [0, 0.1) is 0 Å². The molecule has 120 valence electrons. The molecule has 0 atom stereocenters. The van der Waals surface area contributed by atoms with E-state index in [9.17, 15) is 0 Å². The lowest BCUT2D eigenvalue weighted by molar-refractivity contribution is 0.392. The highest BCUT2D eigenvalue weighted by molar-refractivity contribution is 14.0. The van der Waals surface area contributed by atoms with E-state index in [-0.39, 0.29) is 24.0 Å². The van der Waals surface area contributed by atoms with Crippen molar-refractivity contribution >= 4 is 29.9 Å². The maximum atomic E-state index is 5.23. The summed E-state index contributed by atoms with van der Waals surface area (Å²) in [5, 5.41) is 6.59. The van der Waals surface area contributed by atoms with Crippen molar-refractivity contribution in [2.75, 3.05) is 20.2 Å². The van der Waals surface area contributed by atoms with Crippen LogP contribution in [-0.4, -0.2) is 31.1 Å². The minimum absolute atomic E-state index is 0. The monoisotopic (exact) mass is 406 g/mol. The van der Waals surface area contributed by atoms with Crippen molar-refractivity contribution in [1.82, 2.24) is 15.6 Å². The summed E-state index contributed by atoms with van der Waals surface area (Å²) in [7, 11) is 1.63. The molecule has 0 aliphatic heterocycles. The topological polar surface area (TPSA) is 58.5 Å². The van der Waals surface area contributed by atoms with Crippen LogP contribution in [0.2, 0.25) is 0 Å². The van der Waals surface area contributed by atoms with E-state index < -0.39 is 0 Å². The zero-order valence-corrected chi connectivity index (χ0v) is 15.5. The lowest BCUT2D eigenvalue weighted by Crippen LogP contribution is -2.37. The predicted molar refractivity (Wildman–Crippen MR) is 98.5 cm³/mol. The van der Waals surface area contributed by atoms with Gasteiger partial charge < -0.3 is 15.4 Å². The quantitative estimate of drug-likeness (QED) is 0.302. The number of halogens is 1. The van der Waals surface area contributed by atoms with Crippen LogP contribution in [0.1, 0.15) is 38.7 Å². The number of guanidine groups is 1. The minimum Gasteiger partial charge on any atom is -0.481 e. The van der Waals surface area contributed by atoms with Gasteiger partial charge in [-0.3, -0.25) is 0 Å². The van der Waals surface area contributed by atoms with Gasteiger partial charge in [-0.25, -0.2) is 9.98 Å². The number of aliphatic imine (C=N–C) groups is 1. The van der Waals surface area contributed by atoms with Crippen molar-refractivity contribution in [3.8, 4) is 5.88 Å². The fourth-order valence-corrected chi connectivity index (χ4v) is 1.82. The smallest absolute Gasteiger partial charge is 0.218 e. The van der Waals surface area contributed by atoms with E-state index in [2.05, 4.69) is 34.5 Å². The van der Waals surface area contributed by atoms with Crippen molar-refractivity contribution in [3.63, 3.8) is 0 Å². The van der Waals surface area contributed by atoms with Gasteiger partial charge in [-0.1, -0.05) is 25.8 Å². The summed E-state index contributed by atoms with van der Waals surface area (Å²) in [5.41, 5.74) is 0.987. The molecule has 1 aromatic rings. The van der Waals surface area contributed by atoms with Gasteiger partial charge in [0.15, 0.2) is 5.96 Å². The third-order valence-electron chi connectivity index (χ3n) is 2.87. The van der Waals surface area contributed by atoms with Gasteiger partial charge in [0.25, 0.3) is 0 Å². The van der Waals surface area contributed by atoms with Crippen LogP contribution >= 0.6 is 24.0 Å². The molecule has 2 N–H and O–H groups in total. The van der Waals surface area contributed by atoms with Gasteiger partial charge in [0, 0.05) is 24.8 Å². The summed E-state index contributed by atoms with van der Waals surface area (Å²) in [6.07, 6.45) is 5.35. The average molecular weight is 406 g/mol. The average Bonchev–Trinajstić information content (AvgIpc) is 2.49. The third-order valence-corrected chi connectivity index (χ3v) is 2.87. The number of methoxy groups -OCH3 is 1. The van der Waals surface area contributed by atoms with Gasteiger partial charge >= 0.3 is 0 Å². The molecule has 0 aromatic carbocycles. The minimum atomic E-state index is 0. The second-order valence-corrected chi connectivity index (χ2v) is 4.50. The van der Waals surface area contributed by atoms with E-state index in [1.165, 1.54) is 12.8 Å². The second-order valence-electron chi connectivity index (χ2n) is 4.50.